The summed E-state index contributed by atoms with van der Waals surface area (Å²) in [5.74, 6) is 0. The maximum absolute atomic E-state index is 11.9. The fourth-order valence-electron chi connectivity index (χ4n) is 1.50. The van der Waals surface area contributed by atoms with E-state index >= 15 is 0 Å². The van der Waals surface area contributed by atoms with Gasteiger partial charge in [-0.05, 0) is 40.3 Å². The molecule has 1 saturated heterocycles. The molecule has 1 atom stereocenters. The van der Waals surface area contributed by atoms with Crippen LogP contribution >= 0.6 is 27.3 Å². The van der Waals surface area contributed by atoms with Gasteiger partial charge < -0.3 is 5.32 Å². The van der Waals surface area contributed by atoms with Gasteiger partial charge in [0.2, 0.25) is 0 Å². The van der Waals surface area contributed by atoms with E-state index in [2.05, 4.69) is 26.0 Å². The normalized spacial score (nSPS) is 22.1. The topological polar surface area (TPSA) is 58.2 Å². The van der Waals surface area contributed by atoms with Crippen molar-refractivity contribution in [1.29, 1.82) is 0 Å². The number of sulfonamides is 1. The predicted octanol–water partition coefficient (Wildman–Crippen LogP) is 1.15. The van der Waals surface area contributed by atoms with Crippen molar-refractivity contribution in [3.63, 3.8) is 0 Å². The van der Waals surface area contributed by atoms with Gasteiger partial charge in [-0.3, -0.25) is 0 Å². The molecule has 0 bridgehead atoms. The molecule has 15 heavy (non-hydrogen) atoms. The number of rotatable bonds is 3. The van der Waals surface area contributed by atoms with Crippen molar-refractivity contribution >= 4 is 37.3 Å². The lowest BCUT2D eigenvalue weighted by Crippen LogP contribution is -2.35. The van der Waals surface area contributed by atoms with E-state index < -0.39 is 10.0 Å². The van der Waals surface area contributed by atoms with Gasteiger partial charge in [0.05, 0.1) is 0 Å². The lowest BCUT2D eigenvalue weighted by molar-refractivity contribution is 0.562. The molecule has 1 aliphatic rings. The molecule has 1 aromatic heterocycles. The summed E-state index contributed by atoms with van der Waals surface area (Å²) < 4.78 is 27.5. The van der Waals surface area contributed by atoms with Gasteiger partial charge in [-0.1, -0.05) is 0 Å². The number of hydrogen-bond donors (Lipinski definition) is 2. The Labute approximate surface area is 101 Å². The van der Waals surface area contributed by atoms with E-state index in [-0.39, 0.29) is 6.04 Å². The molecule has 2 N–H and O–H groups in total. The highest BCUT2D eigenvalue weighted by Crippen LogP contribution is 2.27. The molecule has 7 heteroatoms. The van der Waals surface area contributed by atoms with Crippen LogP contribution in [-0.4, -0.2) is 27.5 Å². The number of thiophene rings is 1. The summed E-state index contributed by atoms with van der Waals surface area (Å²) in [7, 11) is -3.35. The van der Waals surface area contributed by atoms with E-state index in [1.165, 1.54) is 11.3 Å². The van der Waals surface area contributed by atoms with Gasteiger partial charge in [-0.15, -0.1) is 11.3 Å². The molecule has 0 aliphatic carbocycles. The maximum atomic E-state index is 11.9. The standard InChI is InChI=1S/C8H11BrN2O2S2/c9-7-2-4-14-8(7)15(12,13)11-6-1-3-10-5-6/h2,4,6,10-11H,1,3,5H2/t6-/m1/s1. The van der Waals surface area contributed by atoms with E-state index in [1.54, 1.807) is 11.4 Å². The van der Waals surface area contributed by atoms with Crippen LogP contribution in [0, 0.1) is 0 Å². The highest BCUT2D eigenvalue weighted by molar-refractivity contribution is 9.10. The molecular formula is C8H11BrN2O2S2. The van der Waals surface area contributed by atoms with Crippen molar-refractivity contribution in [1.82, 2.24) is 10.0 Å². The zero-order chi connectivity index (χ0) is 10.9. The predicted molar refractivity (Wildman–Crippen MR) is 63.6 cm³/mol. The third kappa shape index (κ3) is 2.59. The molecule has 84 valence electrons. The van der Waals surface area contributed by atoms with Crippen LogP contribution in [0.4, 0.5) is 0 Å². The van der Waals surface area contributed by atoms with Crippen molar-refractivity contribution in [2.45, 2.75) is 16.7 Å². The van der Waals surface area contributed by atoms with Crippen LogP contribution in [-0.2, 0) is 10.0 Å². The zero-order valence-corrected chi connectivity index (χ0v) is 11.1. The second kappa shape index (κ2) is 4.50. The van der Waals surface area contributed by atoms with Crippen molar-refractivity contribution in [3.05, 3.63) is 15.9 Å². The number of hydrogen-bond acceptors (Lipinski definition) is 4. The van der Waals surface area contributed by atoms with E-state index in [4.69, 9.17) is 0 Å². The van der Waals surface area contributed by atoms with Crippen LogP contribution in [0.15, 0.2) is 20.1 Å². The summed E-state index contributed by atoms with van der Waals surface area (Å²) in [6, 6.07) is 1.76. The summed E-state index contributed by atoms with van der Waals surface area (Å²) >= 11 is 4.45. The minimum absolute atomic E-state index is 0.0176. The van der Waals surface area contributed by atoms with Gasteiger partial charge in [0.1, 0.15) is 4.21 Å². The molecule has 0 aromatic carbocycles. The summed E-state index contributed by atoms with van der Waals surface area (Å²) in [6.07, 6.45) is 0.849. The van der Waals surface area contributed by atoms with Crippen LogP contribution in [0.3, 0.4) is 0 Å². The molecule has 2 rings (SSSR count). The fraction of sp³-hybridized carbons (Fsp3) is 0.500. The molecule has 0 spiro atoms. The average molecular weight is 311 g/mol. The first-order valence-electron chi connectivity index (χ1n) is 4.55. The van der Waals surface area contributed by atoms with Gasteiger partial charge in [0, 0.05) is 17.1 Å². The second-order valence-electron chi connectivity index (χ2n) is 3.37. The second-order valence-corrected chi connectivity index (χ2v) is 7.05. The molecule has 4 nitrogen and oxygen atoms in total. The SMILES string of the molecule is O=S(=O)(N[C@@H]1CCNC1)c1sccc1Br. The monoisotopic (exact) mass is 310 g/mol. The first-order chi connectivity index (χ1) is 7.09. The third-order valence-electron chi connectivity index (χ3n) is 2.21. The first-order valence-corrected chi connectivity index (χ1v) is 7.71. The van der Waals surface area contributed by atoms with Gasteiger partial charge in [0.15, 0.2) is 0 Å². The molecule has 1 aliphatic heterocycles. The summed E-state index contributed by atoms with van der Waals surface area (Å²) in [5, 5.41) is 4.88. The number of nitrogens with one attached hydrogen (secondary N) is 2. The van der Waals surface area contributed by atoms with Gasteiger partial charge in [0.25, 0.3) is 10.0 Å². The van der Waals surface area contributed by atoms with Crippen molar-refractivity contribution in [2.24, 2.45) is 0 Å². The van der Waals surface area contributed by atoms with Crippen molar-refractivity contribution < 1.29 is 8.42 Å². The summed E-state index contributed by atoms with van der Waals surface area (Å²) in [6.45, 7) is 1.58. The van der Waals surface area contributed by atoms with Crippen LogP contribution in [0.5, 0.6) is 0 Å². The quantitative estimate of drug-likeness (QED) is 0.880. The minimum Gasteiger partial charge on any atom is -0.315 e. The smallest absolute Gasteiger partial charge is 0.251 e. The molecule has 0 amide bonds. The van der Waals surface area contributed by atoms with Crippen LogP contribution < -0.4 is 10.0 Å². The summed E-state index contributed by atoms with van der Waals surface area (Å²) in [4.78, 5) is 0. The molecule has 2 heterocycles. The van der Waals surface area contributed by atoms with E-state index in [9.17, 15) is 8.42 Å². The third-order valence-corrected chi connectivity index (χ3v) is 6.40. The van der Waals surface area contributed by atoms with Crippen LogP contribution in [0.1, 0.15) is 6.42 Å². The van der Waals surface area contributed by atoms with E-state index in [0.717, 1.165) is 13.0 Å². The lowest BCUT2D eigenvalue weighted by atomic mass is 10.3. The van der Waals surface area contributed by atoms with E-state index in [0.29, 0.717) is 15.2 Å². The minimum atomic E-state index is -3.35. The van der Waals surface area contributed by atoms with Gasteiger partial charge in [-0.25, -0.2) is 13.1 Å². The molecule has 0 unspecified atom stereocenters. The molecule has 0 saturated carbocycles. The highest BCUT2D eigenvalue weighted by atomic mass is 79.9. The molecule has 0 radical (unpaired) electrons. The Hall–Kier alpha value is 0.0500. The van der Waals surface area contributed by atoms with Crippen molar-refractivity contribution in [2.75, 3.05) is 13.1 Å². The molecule has 1 fully saturated rings. The van der Waals surface area contributed by atoms with Crippen LogP contribution in [0.25, 0.3) is 0 Å². The lowest BCUT2D eigenvalue weighted by Gasteiger charge is -2.10. The Morgan fingerprint density at radius 1 is 1.60 bits per heavy atom. The van der Waals surface area contributed by atoms with Gasteiger partial charge in [-0.2, -0.15) is 0 Å². The Balaban J connectivity index is 2.16. The summed E-state index contributed by atoms with van der Waals surface area (Å²) in [5.41, 5.74) is 0. The van der Waals surface area contributed by atoms with Gasteiger partial charge >= 0.3 is 0 Å². The Bertz CT molecular complexity index is 437. The Morgan fingerprint density at radius 3 is 2.93 bits per heavy atom. The largest absolute Gasteiger partial charge is 0.315 e. The number of halogens is 1. The average Bonchev–Trinajstić information content (AvgIpc) is 2.75. The molecular weight excluding hydrogens is 300 g/mol. The first kappa shape index (κ1) is 11.5. The molecule has 1 aromatic rings. The maximum Gasteiger partial charge on any atom is 0.251 e. The zero-order valence-electron chi connectivity index (χ0n) is 7.86. The fourth-order valence-corrected chi connectivity index (χ4v) is 5.12. The highest BCUT2D eigenvalue weighted by Gasteiger charge is 2.25. The Kier molecular flexibility index (Phi) is 3.46. The van der Waals surface area contributed by atoms with Crippen molar-refractivity contribution in [3.8, 4) is 0 Å². The van der Waals surface area contributed by atoms with Crippen LogP contribution in [0.2, 0.25) is 0 Å². The Morgan fingerprint density at radius 2 is 2.40 bits per heavy atom. The van der Waals surface area contributed by atoms with E-state index in [1.807, 2.05) is 0 Å².